The average Bonchev–Trinajstić information content (AvgIpc) is 2.60. The number of hydrogen-bond donors (Lipinski definition) is 1. The first-order valence-corrected chi connectivity index (χ1v) is 9.33. The van der Waals surface area contributed by atoms with E-state index in [1.807, 2.05) is 13.8 Å². The van der Waals surface area contributed by atoms with Gasteiger partial charge in [0.2, 0.25) is 10.0 Å². The van der Waals surface area contributed by atoms with Crippen molar-refractivity contribution in [3.05, 3.63) is 18.2 Å². The largest absolute Gasteiger partial charge is 0.497 e. The van der Waals surface area contributed by atoms with E-state index < -0.39 is 10.0 Å². The van der Waals surface area contributed by atoms with Crippen LogP contribution in [-0.2, 0) is 14.8 Å². The standard InChI is InChI=1S/C16H26N2O5S.ClH/c1-16(2,18-7-9-23-10-8-18)12-17-24(19,20)15-6-5-13(21-3)11-14(15)22-4;/h5-6,11,17H,7-10,12H2,1-4H3;1H. The molecule has 1 N–H and O–H groups in total. The molecule has 1 aliphatic heterocycles. The summed E-state index contributed by atoms with van der Waals surface area (Å²) in [5.74, 6) is 0.797. The predicted molar refractivity (Wildman–Crippen MR) is 98.5 cm³/mol. The van der Waals surface area contributed by atoms with Gasteiger partial charge >= 0.3 is 0 Å². The van der Waals surface area contributed by atoms with Crippen LogP contribution in [0.4, 0.5) is 0 Å². The van der Waals surface area contributed by atoms with Gasteiger partial charge in [-0.25, -0.2) is 13.1 Å². The molecule has 0 saturated carbocycles. The topological polar surface area (TPSA) is 77.1 Å². The molecule has 1 aromatic carbocycles. The first kappa shape index (κ1) is 22.0. The predicted octanol–water partition coefficient (Wildman–Crippen LogP) is 1.51. The minimum Gasteiger partial charge on any atom is -0.497 e. The van der Waals surface area contributed by atoms with E-state index >= 15 is 0 Å². The Hall–Kier alpha value is -1.06. The lowest BCUT2D eigenvalue weighted by atomic mass is 10.0. The van der Waals surface area contributed by atoms with Crippen molar-refractivity contribution >= 4 is 22.4 Å². The molecule has 9 heteroatoms. The van der Waals surface area contributed by atoms with E-state index in [2.05, 4.69) is 9.62 Å². The van der Waals surface area contributed by atoms with Crippen LogP contribution in [0.5, 0.6) is 11.5 Å². The molecule has 0 amide bonds. The molecule has 144 valence electrons. The fourth-order valence-electron chi connectivity index (χ4n) is 2.63. The van der Waals surface area contributed by atoms with Crippen molar-refractivity contribution < 1.29 is 22.6 Å². The summed E-state index contributed by atoms with van der Waals surface area (Å²) in [5.41, 5.74) is -0.309. The molecular weight excluding hydrogens is 368 g/mol. The Labute approximate surface area is 156 Å². The molecule has 1 aliphatic rings. The van der Waals surface area contributed by atoms with Gasteiger partial charge < -0.3 is 14.2 Å². The Morgan fingerprint density at radius 2 is 1.84 bits per heavy atom. The number of rotatable bonds is 7. The second-order valence-electron chi connectivity index (χ2n) is 6.25. The third kappa shape index (κ3) is 5.46. The molecule has 25 heavy (non-hydrogen) atoms. The van der Waals surface area contributed by atoms with E-state index in [0.717, 1.165) is 13.1 Å². The summed E-state index contributed by atoms with van der Waals surface area (Å²) in [6.45, 7) is 7.26. The zero-order valence-corrected chi connectivity index (χ0v) is 16.7. The first-order valence-electron chi connectivity index (χ1n) is 7.84. The first-order chi connectivity index (χ1) is 11.3. The van der Waals surface area contributed by atoms with Gasteiger partial charge in [-0.15, -0.1) is 12.4 Å². The van der Waals surface area contributed by atoms with Gasteiger partial charge in [0, 0.05) is 31.2 Å². The van der Waals surface area contributed by atoms with Crippen molar-refractivity contribution in [3.8, 4) is 11.5 Å². The second-order valence-corrected chi connectivity index (χ2v) is 7.99. The van der Waals surface area contributed by atoms with Crippen LogP contribution in [0, 0.1) is 0 Å². The fourth-order valence-corrected chi connectivity index (χ4v) is 3.98. The lowest BCUT2D eigenvalue weighted by Crippen LogP contribution is -2.55. The molecule has 0 unspecified atom stereocenters. The quantitative estimate of drug-likeness (QED) is 0.755. The van der Waals surface area contributed by atoms with Crippen molar-refractivity contribution in [2.75, 3.05) is 47.1 Å². The van der Waals surface area contributed by atoms with E-state index in [1.54, 1.807) is 12.1 Å². The summed E-state index contributed by atoms with van der Waals surface area (Å²) in [6, 6.07) is 4.65. The van der Waals surface area contributed by atoms with Gasteiger partial charge in [0.15, 0.2) is 0 Å². The molecule has 1 heterocycles. The Kier molecular flexibility index (Phi) is 7.95. The third-order valence-electron chi connectivity index (χ3n) is 4.22. The van der Waals surface area contributed by atoms with Crippen molar-refractivity contribution in [2.24, 2.45) is 0 Å². The Morgan fingerprint density at radius 1 is 1.20 bits per heavy atom. The highest BCUT2D eigenvalue weighted by Gasteiger charge is 2.30. The molecule has 2 rings (SSSR count). The van der Waals surface area contributed by atoms with Crippen molar-refractivity contribution in [3.63, 3.8) is 0 Å². The monoisotopic (exact) mass is 394 g/mol. The summed E-state index contributed by atoms with van der Waals surface area (Å²) in [6.07, 6.45) is 0. The lowest BCUT2D eigenvalue weighted by molar-refractivity contribution is -0.00803. The molecule has 1 aromatic rings. The molecule has 1 saturated heterocycles. The normalized spacial score (nSPS) is 16.2. The maximum atomic E-state index is 12.7. The van der Waals surface area contributed by atoms with Gasteiger partial charge in [0.25, 0.3) is 0 Å². The molecule has 0 radical (unpaired) electrons. The lowest BCUT2D eigenvalue weighted by Gasteiger charge is -2.40. The highest BCUT2D eigenvalue weighted by atomic mass is 35.5. The van der Waals surface area contributed by atoms with Gasteiger partial charge in [-0.3, -0.25) is 4.90 Å². The summed E-state index contributed by atoms with van der Waals surface area (Å²) in [4.78, 5) is 2.33. The number of morpholine rings is 1. The minimum atomic E-state index is -3.69. The summed E-state index contributed by atoms with van der Waals surface area (Å²) >= 11 is 0. The van der Waals surface area contributed by atoms with Crippen LogP contribution >= 0.6 is 12.4 Å². The van der Waals surface area contributed by atoms with Crippen LogP contribution in [-0.4, -0.2) is 65.9 Å². The highest BCUT2D eigenvalue weighted by molar-refractivity contribution is 7.89. The van der Waals surface area contributed by atoms with Gasteiger partial charge in [-0.1, -0.05) is 0 Å². The van der Waals surface area contributed by atoms with Crippen LogP contribution < -0.4 is 14.2 Å². The highest BCUT2D eigenvalue weighted by Crippen LogP contribution is 2.28. The zero-order valence-electron chi connectivity index (χ0n) is 15.1. The fraction of sp³-hybridized carbons (Fsp3) is 0.625. The van der Waals surface area contributed by atoms with Gasteiger partial charge in [0.05, 0.1) is 27.4 Å². The number of methoxy groups -OCH3 is 2. The molecule has 0 aromatic heterocycles. The summed E-state index contributed by atoms with van der Waals surface area (Å²) in [5, 5.41) is 0. The zero-order chi connectivity index (χ0) is 17.8. The van der Waals surface area contributed by atoms with Crippen molar-refractivity contribution in [1.82, 2.24) is 9.62 Å². The molecular formula is C16H27ClN2O5S. The maximum Gasteiger partial charge on any atom is 0.244 e. The average molecular weight is 395 g/mol. The Balaban J connectivity index is 0.00000312. The molecule has 0 atom stereocenters. The number of halogens is 1. The van der Waals surface area contributed by atoms with Crippen LogP contribution in [0.2, 0.25) is 0 Å². The SMILES string of the molecule is COc1ccc(S(=O)(=O)NCC(C)(C)N2CCOCC2)c(OC)c1.Cl. The smallest absolute Gasteiger partial charge is 0.244 e. The third-order valence-corrected chi connectivity index (χ3v) is 5.66. The van der Waals surface area contributed by atoms with Gasteiger partial charge in [0.1, 0.15) is 16.4 Å². The number of benzene rings is 1. The van der Waals surface area contributed by atoms with E-state index in [4.69, 9.17) is 14.2 Å². The number of nitrogens with one attached hydrogen (secondary N) is 1. The van der Waals surface area contributed by atoms with Crippen LogP contribution in [0.1, 0.15) is 13.8 Å². The minimum absolute atomic E-state index is 0. The van der Waals surface area contributed by atoms with E-state index in [1.165, 1.54) is 20.3 Å². The maximum absolute atomic E-state index is 12.7. The van der Waals surface area contributed by atoms with E-state index in [9.17, 15) is 8.42 Å². The molecule has 7 nitrogen and oxygen atoms in total. The van der Waals surface area contributed by atoms with Gasteiger partial charge in [-0.2, -0.15) is 0 Å². The van der Waals surface area contributed by atoms with Gasteiger partial charge in [-0.05, 0) is 26.0 Å². The Morgan fingerprint density at radius 3 is 2.40 bits per heavy atom. The van der Waals surface area contributed by atoms with E-state index in [0.29, 0.717) is 25.5 Å². The molecule has 0 bridgehead atoms. The van der Waals surface area contributed by atoms with Crippen LogP contribution in [0.25, 0.3) is 0 Å². The summed E-state index contributed by atoms with van der Waals surface area (Å²) < 4.78 is 43.7. The van der Waals surface area contributed by atoms with Crippen LogP contribution in [0.3, 0.4) is 0 Å². The van der Waals surface area contributed by atoms with Crippen molar-refractivity contribution in [1.29, 1.82) is 0 Å². The number of sulfonamides is 1. The van der Waals surface area contributed by atoms with Crippen molar-refractivity contribution in [2.45, 2.75) is 24.3 Å². The number of nitrogens with zero attached hydrogens (tertiary/aromatic N) is 1. The van der Waals surface area contributed by atoms with E-state index in [-0.39, 0.29) is 28.6 Å². The molecule has 0 aliphatic carbocycles. The van der Waals surface area contributed by atoms with Crippen LogP contribution in [0.15, 0.2) is 23.1 Å². The number of ether oxygens (including phenoxy) is 3. The molecule has 1 fully saturated rings. The second kappa shape index (κ2) is 9.05. The summed E-state index contributed by atoms with van der Waals surface area (Å²) in [7, 11) is -0.732. The number of hydrogen-bond acceptors (Lipinski definition) is 6. The Bertz CT molecular complexity index is 660. The molecule has 0 spiro atoms.